The van der Waals surface area contributed by atoms with E-state index in [-0.39, 0.29) is 0 Å². The summed E-state index contributed by atoms with van der Waals surface area (Å²) < 4.78 is 28.7. The van der Waals surface area contributed by atoms with Crippen LogP contribution in [0.1, 0.15) is 5.56 Å². The van der Waals surface area contributed by atoms with Gasteiger partial charge in [-0.05, 0) is 19.1 Å². The molecule has 0 aliphatic carbocycles. The molecule has 1 aromatic carbocycles. The first kappa shape index (κ1) is 14.0. The summed E-state index contributed by atoms with van der Waals surface area (Å²) in [6.45, 7) is 1.89. The molecule has 7 heteroatoms. The Morgan fingerprint density at radius 3 is 2.35 bits per heavy atom. The Kier molecular flexibility index (Phi) is 4.53. The van der Waals surface area contributed by atoms with Crippen molar-refractivity contribution >= 4 is 37.8 Å². The van der Waals surface area contributed by atoms with Crippen molar-refractivity contribution in [3.63, 3.8) is 0 Å². The Labute approximate surface area is 109 Å². The standard InChI is InChI=1S/C10H12BrNO4S/c1-8-3-5-9(6-4-8)12(11)17(14,15)7-10(13)16-2/h3-6H,7H2,1-2H3. The normalized spacial score (nSPS) is 11.0. The van der Waals surface area contributed by atoms with Gasteiger partial charge in [0.2, 0.25) is 0 Å². The van der Waals surface area contributed by atoms with Crippen LogP contribution in [-0.2, 0) is 19.6 Å². The summed E-state index contributed by atoms with van der Waals surface area (Å²) in [4.78, 5) is 11.0. The van der Waals surface area contributed by atoms with Crippen LogP contribution >= 0.6 is 16.1 Å². The van der Waals surface area contributed by atoms with Gasteiger partial charge in [0.15, 0.2) is 5.75 Å². The molecule has 0 spiro atoms. The third kappa shape index (κ3) is 3.71. The third-order valence-electron chi connectivity index (χ3n) is 2.01. The summed E-state index contributed by atoms with van der Waals surface area (Å²) in [6, 6.07) is 6.83. The van der Waals surface area contributed by atoms with Crippen LogP contribution in [0.2, 0.25) is 0 Å². The number of sulfonamides is 1. The van der Waals surface area contributed by atoms with Gasteiger partial charge in [0.1, 0.15) is 0 Å². The maximum Gasteiger partial charge on any atom is 0.322 e. The maximum absolute atomic E-state index is 11.8. The Balaban J connectivity index is 2.92. The van der Waals surface area contributed by atoms with Gasteiger partial charge in [-0.15, -0.1) is 0 Å². The number of aryl methyl sites for hydroxylation is 1. The molecule has 0 aliphatic heterocycles. The molecule has 1 aromatic rings. The number of halogens is 1. The van der Waals surface area contributed by atoms with E-state index >= 15 is 0 Å². The van der Waals surface area contributed by atoms with Gasteiger partial charge in [0.25, 0.3) is 10.0 Å². The fourth-order valence-corrected chi connectivity index (χ4v) is 2.60. The van der Waals surface area contributed by atoms with Crippen LogP contribution in [0, 0.1) is 6.92 Å². The summed E-state index contributed by atoms with van der Waals surface area (Å²) in [5, 5.41) is 0. The number of benzene rings is 1. The number of anilines is 1. The molecular weight excluding hydrogens is 310 g/mol. The molecule has 1 rings (SSSR count). The second-order valence-electron chi connectivity index (χ2n) is 3.38. The highest BCUT2D eigenvalue weighted by atomic mass is 79.9. The molecule has 94 valence electrons. The van der Waals surface area contributed by atoms with Gasteiger partial charge in [-0.1, -0.05) is 17.7 Å². The lowest BCUT2D eigenvalue weighted by molar-refractivity contribution is -0.137. The summed E-state index contributed by atoms with van der Waals surface area (Å²) in [6.07, 6.45) is 0. The fourth-order valence-electron chi connectivity index (χ4n) is 1.09. The zero-order valence-electron chi connectivity index (χ0n) is 9.38. The lowest BCUT2D eigenvalue weighted by Gasteiger charge is -2.15. The monoisotopic (exact) mass is 321 g/mol. The number of nitrogens with zero attached hydrogens (tertiary/aromatic N) is 1. The molecular formula is C10H12BrNO4S. The van der Waals surface area contributed by atoms with Crippen LogP contribution < -0.4 is 3.33 Å². The molecule has 0 bridgehead atoms. The van der Waals surface area contributed by atoms with Crippen LogP contribution in [0.5, 0.6) is 0 Å². The molecule has 0 N–H and O–H groups in total. The second-order valence-corrected chi connectivity index (χ2v) is 6.38. The molecule has 0 unspecified atom stereocenters. The van der Waals surface area contributed by atoms with Gasteiger partial charge in [0.05, 0.1) is 28.9 Å². The lowest BCUT2D eigenvalue weighted by atomic mass is 10.2. The minimum Gasteiger partial charge on any atom is -0.468 e. The zero-order chi connectivity index (χ0) is 13.1. The van der Waals surface area contributed by atoms with E-state index in [9.17, 15) is 13.2 Å². The average Bonchev–Trinajstić information content (AvgIpc) is 2.28. The fraction of sp³-hybridized carbons (Fsp3) is 0.300. The van der Waals surface area contributed by atoms with E-state index in [4.69, 9.17) is 0 Å². The molecule has 0 aromatic heterocycles. The minimum atomic E-state index is -3.76. The molecule has 0 radical (unpaired) electrons. The molecule has 0 saturated carbocycles. The minimum absolute atomic E-state index is 0.430. The van der Waals surface area contributed by atoms with Gasteiger partial charge in [-0.25, -0.2) is 11.7 Å². The highest BCUT2D eigenvalue weighted by Gasteiger charge is 2.24. The van der Waals surface area contributed by atoms with Gasteiger partial charge in [-0.2, -0.15) is 0 Å². The predicted molar refractivity (Wildman–Crippen MR) is 68.4 cm³/mol. The van der Waals surface area contributed by atoms with Crippen molar-refractivity contribution < 1.29 is 17.9 Å². The zero-order valence-corrected chi connectivity index (χ0v) is 11.8. The summed E-state index contributed by atoms with van der Waals surface area (Å²) in [7, 11) is -2.62. The first-order valence-electron chi connectivity index (χ1n) is 4.69. The first-order chi connectivity index (χ1) is 7.86. The summed E-state index contributed by atoms with van der Waals surface area (Å²) in [5.41, 5.74) is 1.44. The van der Waals surface area contributed by atoms with Crippen molar-refractivity contribution in [1.29, 1.82) is 0 Å². The van der Waals surface area contributed by atoms with Crippen LogP contribution in [-0.4, -0.2) is 27.2 Å². The van der Waals surface area contributed by atoms with Gasteiger partial charge in [0, 0.05) is 0 Å². The van der Waals surface area contributed by atoms with Crippen molar-refractivity contribution in [2.45, 2.75) is 6.92 Å². The van der Waals surface area contributed by atoms with Crippen LogP contribution in [0.25, 0.3) is 0 Å². The smallest absolute Gasteiger partial charge is 0.322 e. The number of ether oxygens (including phenoxy) is 1. The van der Waals surface area contributed by atoms with E-state index in [1.165, 1.54) is 0 Å². The van der Waals surface area contributed by atoms with E-state index in [0.717, 1.165) is 16.0 Å². The van der Waals surface area contributed by atoms with E-state index in [2.05, 4.69) is 20.9 Å². The van der Waals surface area contributed by atoms with Crippen LogP contribution in [0.3, 0.4) is 0 Å². The second kappa shape index (κ2) is 5.50. The number of methoxy groups -OCH3 is 1. The number of carbonyl (C=O) groups is 1. The molecule has 0 amide bonds. The Morgan fingerprint density at radius 2 is 1.88 bits per heavy atom. The number of rotatable bonds is 4. The number of hydrogen-bond acceptors (Lipinski definition) is 4. The molecule has 0 saturated heterocycles. The highest BCUT2D eigenvalue weighted by Crippen LogP contribution is 2.22. The predicted octanol–water partition coefficient (Wildman–Crippen LogP) is 1.61. The SMILES string of the molecule is COC(=O)CS(=O)(=O)N(Br)c1ccc(C)cc1. The average molecular weight is 322 g/mol. The Morgan fingerprint density at radius 1 is 1.35 bits per heavy atom. The largest absolute Gasteiger partial charge is 0.468 e. The summed E-state index contributed by atoms with van der Waals surface area (Å²) in [5.74, 6) is -1.51. The number of hydrogen-bond donors (Lipinski definition) is 0. The van der Waals surface area contributed by atoms with Crippen molar-refractivity contribution in [3.05, 3.63) is 29.8 Å². The van der Waals surface area contributed by atoms with Gasteiger partial charge in [-0.3, -0.25) is 4.79 Å². The molecule has 0 aliphatic rings. The van der Waals surface area contributed by atoms with E-state index in [1.54, 1.807) is 24.3 Å². The van der Waals surface area contributed by atoms with Gasteiger partial charge < -0.3 is 4.74 Å². The molecule has 5 nitrogen and oxygen atoms in total. The molecule has 17 heavy (non-hydrogen) atoms. The third-order valence-corrected chi connectivity index (χ3v) is 5.04. The highest BCUT2D eigenvalue weighted by molar-refractivity contribution is 9.11. The topological polar surface area (TPSA) is 63.7 Å². The van der Waals surface area contributed by atoms with Crippen molar-refractivity contribution in [3.8, 4) is 0 Å². The van der Waals surface area contributed by atoms with E-state index in [0.29, 0.717) is 5.69 Å². The van der Waals surface area contributed by atoms with Crippen molar-refractivity contribution in [2.75, 3.05) is 16.2 Å². The van der Waals surface area contributed by atoms with E-state index in [1.807, 2.05) is 6.92 Å². The number of carbonyl (C=O) groups excluding carboxylic acids is 1. The number of esters is 1. The molecule has 0 atom stereocenters. The first-order valence-corrected chi connectivity index (χ1v) is 7.01. The van der Waals surface area contributed by atoms with Crippen LogP contribution in [0.15, 0.2) is 24.3 Å². The van der Waals surface area contributed by atoms with E-state index < -0.39 is 21.7 Å². The Bertz CT molecular complexity index is 498. The molecule has 0 heterocycles. The van der Waals surface area contributed by atoms with Crippen LogP contribution in [0.4, 0.5) is 5.69 Å². The Hall–Kier alpha value is -1.08. The maximum atomic E-state index is 11.8. The van der Waals surface area contributed by atoms with Crippen molar-refractivity contribution in [2.24, 2.45) is 0 Å². The summed E-state index contributed by atoms with van der Waals surface area (Å²) >= 11 is 2.93. The van der Waals surface area contributed by atoms with Gasteiger partial charge >= 0.3 is 5.97 Å². The van der Waals surface area contributed by atoms with Crippen molar-refractivity contribution in [1.82, 2.24) is 0 Å². The molecule has 0 fully saturated rings. The lowest BCUT2D eigenvalue weighted by Crippen LogP contribution is -2.28. The quantitative estimate of drug-likeness (QED) is 0.624.